The molecule has 1 heterocycles. The van der Waals surface area contributed by atoms with E-state index in [0.29, 0.717) is 23.7 Å². The van der Waals surface area contributed by atoms with Crippen molar-refractivity contribution in [2.75, 3.05) is 24.4 Å². The number of anilines is 2. The monoisotopic (exact) mass is 407 g/mol. The van der Waals surface area contributed by atoms with Gasteiger partial charge in [0.2, 0.25) is 5.88 Å². The van der Waals surface area contributed by atoms with E-state index < -0.39 is 6.03 Å². The van der Waals surface area contributed by atoms with E-state index in [1.807, 2.05) is 18.2 Å². The van der Waals surface area contributed by atoms with Gasteiger partial charge < -0.3 is 20.1 Å². The van der Waals surface area contributed by atoms with E-state index in [2.05, 4.69) is 31.5 Å². The van der Waals surface area contributed by atoms with E-state index in [1.54, 1.807) is 25.1 Å². The van der Waals surface area contributed by atoms with E-state index in [9.17, 15) is 9.59 Å². The van der Waals surface area contributed by atoms with Crippen LogP contribution in [0.3, 0.4) is 0 Å². The lowest BCUT2D eigenvalue weighted by molar-refractivity contribution is -0.142. The fourth-order valence-corrected chi connectivity index (χ4v) is 2.41. The number of pyridine rings is 1. The second-order valence-corrected chi connectivity index (χ2v) is 5.75. The number of aromatic nitrogens is 1. The maximum absolute atomic E-state index is 12.1. The van der Waals surface area contributed by atoms with E-state index in [0.717, 1.165) is 4.47 Å². The zero-order chi connectivity index (χ0) is 18.2. The van der Waals surface area contributed by atoms with Crippen LogP contribution in [0.5, 0.6) is 5.88 Å². The SMILES string of the molecule is CCOC(=O)Cc1ccc(NC(=O)Nc2ccccc2Br)c(OC)n1. The summed E-state index contributed by atoms with van der Waals surface area (Å²) < 4.78 is 10.8. The molecule has 0 bridgehead atoms. The molecule has 1 aromatic heterocycles. The summed E-state index contributed by atoms with van der Waals surface area (Å²) in [6.07, 6.45) is 0.0354. The molecule has 0 saturated heterocycles. The lowest BCUT2D eigenvalue weighted by atomic mass is 10.2. The van der Waals surface area contributed by atoms with Crippen molar-refractivity contribution in [3.05, 3.63) is 46.6 Å². The topological polar surface area (TPSA) is 89.5 Å². The first-order valence-corrected chi connectivity index (χ1v) is 8.34. The van der Waals surface area contributed by atoms with Crippen molar-refractivity contribution in [1.82, 2.24) is 4.98 Å². The molecule has 132 valence electrons. The maximum Gasteiger partial charge on any atom is 0.323 e. The van der Waals surface area contributed by atoms with Crippen LogP contribution in [0, 0.1) is 0 Å². The Kier molecular flexibility index (Phi) is 6.76. The number of nitrogens with one attached hydrogen (secondary N) is 2. The summed E-state index contributed by atoms with van der Waals surface area (Å²) in [4.78, 5) is 27.9. The Morgan fingerprint density at radius 2 is 1.84 bits per heavy atom. The number of nitrogens with zero attached hydrogens (tertiary/aromatic N) is 1. The molecule has 0 fully saturated rings. The summed E-state index contributed by atoms with van der Waals surface area (Å²) in [6.45, 7) is 2.05. The number of esters is 1. The van der Waals surface area contributed by atoms with E-state index in [4.69, 9.17) is 9.47 Å². The quantitative estimate of drug-likeness (QED) is 0.713. The van der Waals surface area contributed by atoms with Gasteiger partial charge in [-0.1, -0.05) is 12.1 Å². The smallest absolute Gasteiger partial charge is 0.323 e. The summed E-state index contributed by atoms with van der Waals surface area (Å²) in [5, 5.41) is 5.39. The first-order chi connectivity index (χ1) is 12.0. The number of carbonyl (C=O) groups excluding carboxylic acids is 2. The number of hydrogen-bond acceptors (Lipinski definition) is 5. The number of urea groups is 1. The Labute approximate surface area is 153 Å². The molecular formula is C17H18BrN3O4. The number of rotatable bonds is 6. The molecule has 2 rings (SSSR count). The molecule has 0 atom stereocenters. The number of halogens is 1. The highest BCUT2D eigenvalue weighted by Gasteiger charge is 2.13. The predicted octanol–water partition coefficient (Wildman–Crippen LogP) is 3.60. The van der Waals surface area contributed by atoms with Gasteiger partial charge in [0, 0.05) is 4.47 Å². The molecule has 2 N–H and O–H groups in total. The Bertz CT molecular complexity index is 767. The minimum Gasteiger partial charge on any atom is -0.480 e. The second kappa shape index (κ2) is 9.03. The first kappa shape index (κ1) is 18.7. The highest BCUT2D eigenvalue weighted by Crippen LogP contribution is 2.24. The molecule has 1 aromatic carbocycles. The highest BCUT2D eigenvalue weighted by atomic mass is 79.9. The molecule has 8 heteroatoms. The van der Waals surface area contributed by atoms with Crippen molar-refractivity contribution in [2.24, 2.45) is 0 Å². The van der Waals surface area contributed by atoms with Crippen molar-refractivity contribution in [1.29, 1.82) is 0 Å². The van der Waals surface area contributed by atoms with Crippen molar-refractivity contribution < 1.29 is 19.1 Å². The van der Waals surface area contributed by atoms with Gasteiger partial charge >= 0.3 is 12.0 Å². The lowest BCUT2D eigenvalue weighted by Crippen LogP contribution is -2.20. The Hall–Kier alpha value is -2.61. The normalized spacial score (nSPS) is 10.0. The van der Waals surface area contributed by atoms with Gasteiger partial charge in [-0.15, -0.1) is 0 Å². The zero-order valence-corrected chi connectivity index (χ0v) is 15.4. The summed E-state index contributed by atoms with van der Waals surface area (Å²) in [5.74, 6) is -0.159. The number of methoxy groups -OCH3 is 1. The molecule has 0 unspecified atom stereocenters. The van der Waals surface area contributed by atoms with Crippen LogP contribution in [-0.4, -0.2) is 30.7 Å². The standard InChI is InChI=1S/C17H18BrN3O4/c1-3-25-15(22)10-11-8-9-14(16(19-11)24-2)21-17(23)20-13-7-5-4-6-12(13)18/h4-9H,3,10H2,1-2H3,(H2,20,21,23). The minimum atomic E-state index is -0.440. The Morgan fingerprint density at radius 1 is 1.12 bits per heavy atom. The van der Waals surface area contributed by atoms with Gasteiger partial charge in [0.1, 0.15) is 5.69 Å². The van der Waals surface area contributed by atoms with Crippen LogP contribution in [-0.2, 0) is 16.0 Å². The average molecular weight is 408 g/mol. The number of amides is 2. The third kappa shape index (κ3) is 5.46. The second-order valence-electron chi connectivity index (χ2n) is 4.90. The van der Waals surface area contributed by atoms with Crippen LogP contribution >= 0.6 is 15.9 Å². The van der Waals surface area contributed by atoms with Gasteiger partial charge in [0.15, 0.2) is 0 Å². The average Bonchev–Trinajstić information content (AvgIpc) is 2.58. The van der Waals surface area contributed by atoms with Gasteiger partial charge in [0.25, 0.3) is 0 Å². The summed E-state index contributed by atoms with van der Waals surface area (Å²) in [5.41, 5.74) is 1.51. The summed E-state index contributed by atoms with van der Waals surface area (Å²) in [7, 11) is 1.44. The van der Waals surface area contributed by atoms with Gasteiger partial charge in [-0.3, -0.25) is 4.79 Å². The maximum atomic E-state index is 12.1. The third-order valence-corrected chi connectivity index (χ3v) is 3.80. The number of carbonyl (C=O) groups is 2. The van der Waals surface area contributed by atoms with Crippen LogP contribution < -0.4 is 15.4 Å². The zero-order valence-electron chi connectivity index (χ0n) is 13.8. The molecule has 0 aliphatic heterocycles. The highest BCUT2D eigenvalue weighted by molar-refractivity contribution is 9.10. The first-order valence-electron chi connectivity index (χ1n) is 7.55. The molecule has 0 radical (unpaired) electrons. The number of hydrogen-bond donors (Lipinski definition) is 2. The van der Waals surface area contributed by atoms with Crippen LogP contribution in [0.4, 0.5) is 16.2 Å². The van der Waals surface area contributed by atoms with Gasteiger partial charge in [-0.2, -0.15) is 0 Å². The molecule has 0 aliphatic rings. The van der Waals surface area contributed by atoms with E-state index in [-0.39, 0.29) is 18.3 Å². The van der Waals surface area contributed by atoms with Gasteiger partial charge in [-0.25, -0.2) is 9.78 Å². The molecule has 7 nitrogen and oxygen atoms in total. The van der Waals surface area contributed by atoms with Crippen LogP contribution in [0.1, 0.15) is 12.6 Å². The molecule has 2 aromatic rings. The molecule has 2 amide bonds. The Balaban J connectivity index is 2.07. The predicted molar refractivity (Wildman–Crippen MR) is 97.9 cm³/mol. The number of benzene rings is 1. The van der Waals surface area contributed by atoms with E-state index in [1.165, 1.54) is 7.11 Å². The lowest BCUT2D eigenvalue weighted by Gasteiger charge is -2.12. The van der Waals surface area contributed by atoms with Crippen molar-refractivity contribution in [3.63, 3.8) is 0 Å². The fraction of sp³-hybridized carbons (Fsp3) is 0.235. The molecule has 0 spiro atoms. The van der Waals surface area contributed by atoms with Gasteiger partial charge in [-0.05, 0) is 47.1 Å². The summed E-state index contributed by atoms with van der Waals surface area (Å²) >= 11 is 3.36. The largest absolute Gasteiger partial charge is 0.480 e. The number of ether oxygens (including phenoxy) is 2. The van der Waals surface area contributed by atoms with Crippen LogP contribution in [0.25, 0.3) is 0 Å². The van der Waals surface area contributed by atoms with Crippen LogP contribution in [0.15, 0.2) is 40.9 Å². The van der Waals surface area contributed by atoms with Crippen LogP contribution in [0.2, 0.25) is 0 Å². The van der Waals surface area contributed by atoms with Crippen molar-refractivity contribution in [2.45, 2.75) is 13.3 Å². The minimum absolute atomic E-state index is 0.0354. The number of para-hydroxylation sites is 1. The van der Waals surface area contributed by atoms with Crippen molar-refractivity contribution in [3.8, 4) is 5.88 Å². The van der Waals surface area contributed by atoms with Gasteiger partial charge in [0.05, 0.1) is 31.5 Å². The van der Waals surface area contributed by atoms with Crippen molar-refractivity contribution >= 4 is 39.3 Å². The fourth-order valence-electron chi connectivity index (χ4n) is 2.03. The summed E-state index contributed by atoms with van der Waals surface area (Å²) in [6, 6.07) is 10.1. The molecule has 25 heavy (non-hydrogen) atoms. The van der Waals surface area contributed by atoms with E-state index >= 15 is 0 Å². The molecule has 0 saturated carbocycles. The molecule has 0 aliphatic carbocycles. The third-order valence-electron chi connectivity index (χ3n) is 3.11. The molecular weight excluding hydrogens is 390 g/mol. The Morgan fingerprint density at radius 3 is 2.52 bits per heavy atom.